The molecule has 3 heteroatoms. The minimum atomic E-state index is 0.807. The zero-order chi connectivity index (χ0) is 7.68. The molecule has 2 heterocycles. The van der Waals surface area contributed by atoms with Crippen molar-refractivity contribution in [1.29, 1.82) is 0 Å². The Morgan fingerprint density at radius 1 is 1.55 bits per heavy atom. The first kappa shape index (κ1) is 6.46. The normalized spacial score (nSPS) is 20.2. The lowest BCUT2D eigenvalue weighted by Crippen LogP contribution is -2.16. The second kappa shape index (κ2) is 2.42. The summed E-state index contributed by atoms with van der Waals surface area (Å²) < 4.78 is 2.11. The third-order valence-electron chi connectivity index (χ3n) is 2.06. The lowest BCUT2D eigenvalue weighted by Gasteiger charge is -2.15. The van der Waals surface area contributed by atoms with Gasteiger partial charge in [0.25, 0.3) is 0 Å². The summed E-state index contributed by atoms with van der Waals surface area (Å²) in [5.74, 6) is 0. The van der Waals surface area contributed by atoms with Gasteiger partial charge in [0.05, 0.1) is 5.69 Å². The SMILES string of the molecule is ON=C1CCCn2cccc21. The van der Waals surface area contributed by atoms with Gasteiger partial charge >= 0.3 is 0 Å². The van der Waals surface area contributed by atoms with E-state index in [0.29, 0.717) is 0 Å². The van der Waals surface area contributed by atoms with Crippen LogP contribution < -0.4 is 0 Å². The standard InChI is InChI=1S/C8H10N2O/c11-9-7-3-1-5-10-6-2-4-8(7)10/h2,4,6,11H,1,3,5H2. The zero-order valence-corrected chi connectivity index (χ0v) is 6.20. The summed E-state index contributed by atoms with van der Waals surface area (Å²) in [6, 6.07) is 3.96. The molecule has 0 fully saturated rings. The van der Waals surface area contributed by atoms with Crippen molar-refractivity contribution in [3.63, 3.8) is 0 Å². The molecule has 0 bridgehead atoms. The molecule has 0 saturated heterocycles. The molecule has 0 aliphatic carbocycles. The van der Waals surface area contributed by atoms with E-state index in [1.54, 1.807) is 0 Å². The van der Waals surface area contributed by atoms with E-state index in [4.69, 9.17) is 5.21 Å². The monoisotopic (exact) mass is 150 g/mol. The van der Waals surface area contributed by atoms with E-state index in [1.165, 1.54) is 0 Å². The van der Waals surface area contributed by atoms with Gasteiger partial charge in [0, 0.05) is 12.7 Å². The number of fused-ring (bicyclic) bond motifs is 1. The van der Waals surface area contributed by atoms with Gasteiger partial charge in [-0.2, -0.15) is 0 Å². The molecule has 1 aromatic heterocycles. The molecule has 1 aromatic rings. The maximum Gasteiger partial charge on any atom is 0.103 e. The van der Waals surface area contributed by atoms with Crippen molar-refractivity contribution in [2.75, 3.05) is 0 Å². The fourth-order valence-electron chi connectivity index (χ4n) is 1.52. The van der Waals surface area contributed by atoms with E-state index in [9.17, 15) is 0 Å². The lowest BCUT2D eigenvalue weighted by molar-refractivity contribution is 0.316. The average molecular weight is 150 g/mol. The van der Waals surface area contributed by atoms with Crippen molar-refractivity contribution in [3.8, 4) is 0 Å². The summed E-state index contributed by atoms with van der Waals surface area (Å²) in [6.07, 6.45) is 3.97. The van der Waals surface area contributed by atoms with Gasteiger partial charge in [-0.3, -0.25) is 0 Å². The molecule has 11 heavy (non-hydrogen) atoms. The molecule has 1 aliphatic rings. The first-order valence-electron chi connectivity index (χ1n) is 3.78. The highest BCUT2D eigenvalue weighted by molar-refractivity contribution is 5.99. The number of oxime groups is 1. The summed E-state index contributed by atoms with van der Waals surface area (Å²) >= 11 is 0. The Bertz CT molecular complexity index is 288. The number of aryl methyl sites for hydroxylation is 1. The van der Waals surface area contributed by atoms with Crippen LogP contribution in [0.4, 0.5) is 0 Å². The predicted octanol–water partition coefficient (Wildman–Crippen LogP) is 1.46. The van der Waals surface area contributed by atoms with Crippen LogP contribution in [0.2, 0.25) is 0 Å². The molecule has 0 radical (unpaired) electrons. The molecule has 1 aliphatic heterocycles. The maximum absolute atomic E-state index is 8.63. The van der Waals surface area contributed by atoms with Crippen LogP contribution in [0.15, 0.2) is 23.5 Å². The van der Waals surface area contributed by atoms with Crippen LogP contribution >= 0.6 is 0 Å². The van der Waals surface area contributed by atoms with E-state index in [-0.39, 0.29) is 0 Å². The van der Waals surface area contributed by atoms with Crippen LogP contribution in [0.5, 0.6) is 0 Å². The number of rotatable bonds is 0. The minimum absolute atomic E-state index is 0.807. The average Bonchev–Trinajstić information content (AvgIpc) is 2.50. The Labute approximate surface area is 64.9 Å². The molecule has 2 rings (SSSR count). The van der Waals surface area contributed by atoms with E-state index >= 15 is 0 Å². The molecular formula is C8H10N2O. The van der Waals surface area contributed by atoms with E-state index < -0.39 is 0 Å². The maximum atomic E-state index is 8.63. The van der Waals surface area contributed by atoms with Crippen LogP contribution in [-0.2, 0) is 6.54 Å². The summed E-state index contributed by atoms with van der Waals surface area (Å²) in [4.78, 5) is 0. The molecule has 0 atom stereocenters. The highest BCUT2D eigenvalue weighted by Gasteiger charge is 2.13. The third-order valence-corrected chi connectivity index (χ3v) is 2.06. The van der Waals surface area contributed by atoms with Gasteiger partial charge in [-0.15, -0.1) is 0 Å². The van der Waals surface area contributed by atoms with Crippen molar-refractivity contribution in [1.82, 2.24) is 4.57 Å². The number of nitrogens with zero attached hydrogens (tertiary/aromatic N) is 2. The van der Waals surface area contributed by atoms with Gasteiger partial charge in [-0.1, -0.05) is 5.16 Å². The Kier molecular flexibility index (Phi) is 1.42. The van der Waals surface area contributed by atoms with Crippen molar-refractivity contribution in [3.05, 3.63) is 24.0 Å². The fraction of sp³-hybridized carbons (Fsp3) is 0.375. The summed E-state index contributed by atoms with van der Waals surface area (Å²) in [5, 5.41) is 11.9. The van der Waals surface area contributed by atoms with Gasteiger partial charge in [0.1, 0.15) is 5.71 Å². The van der Waals surface area contributed by atoms with Crippen LogP contribution in [0.25, 0.3) is 0 Å². The lowest BCUT2D eigenvalue weighted by atomic mass is 10.1. The molecule has 0 saturated carbocycles. The first-order chi connectivity index (χ1) is 5.42. The molecular weight excluding hydrogens is 140 g/mol. The van der Waals surface area contributed by atoms with Gasteiger partial charge in [-0.25, -0.2) is 0 Å². The fourth-order valence-corrected chi connectivity index (χ4v) is 1.52. The van der Waals surface area contributed by atoms with Crippen LogP contribution in [-0.4, -0.2) is 15.5 Å². The predicted molar refractivity (Wildman–Crippen MR) is 42.0 cm³/mol. The Hall–Kier alpha value is -1.25. The summed E-state index contributed by atoms with van der Waals surface area (Å²) in [5.41, 5.74) is 1.86. The molecule has 0 spiro atoms. The molecule has 1 N–H and O–H groups in total. The summed E-state index contributed by atoms with van der Waals surface area (Å²) in [7, 11) is 0. The molecule has 0 amide bonds. The van der Waals surface area contributed by atoms with Crippen molar-refractivity contribution in [2.24, 2.45) is 5.16 Å². The smallest absolute Gasteiger partial charge is 0.103 e. The minimum Gasteiger partial charge on any atom is -0.411 e. The highest BCUT2D eigenvalue weighted by Crippen LogP contribution is 2.15. The molecule has 58 valence electrons. The van der Waals surface area contributed by atoms with Gasteiger partial charge < -0.3 is 9.77 Å². The van der Waals surface area contributed by atoms with Crippen molar-refractivity contribution < 1.29 is 5.21 Å². The summed E-state index contributed by atoms with van der Waals surface area (Å²) in [6.45, 7) is 1.04. The number of aromatic nitrogens is 1. The van der Waals surface area contributed by atoms with Crippen molar-refractivity contribution in [2.45, 2.75) is 19.4 Å². The number of hydrogen-bond donors (Lipinski definition) is 1. The quantitative estimate of drug-likeness (QED) is 0.441. The van der Waals surface area contributed by atoms with Gasteiger partial charge in [-0.05, 0) is 25.0 Å². The van der Waals surface area contributed by atoms with Crippen molar-refractivity contribution >= 4 is 5.71 Å². The zero-order valence-electron chi connectivity index (χ0n) is 6.20. The molecule has 0 aromatic carbocycles. The van der Waals surface area contributed by atoms with Crippen LogP contribution in [0, 0.1) is 0 Å². The first-order valence-corrected chi connectivity index (χ1v) is 3.78. The number of hydrogen-bond acceptors (Lipinski definition) is 2. The van der Waals surface area contributed by atoms with Crippen LogP contribution in [0.1, 0.15) is 18.5 Å². The highest BCUT2D eigenvalue weighted by atomic mass is 16.4. The topological polar surface area (TPSA) is 37.5 Å². The van der Waals surface area contributed by atoms with Gasteiger partial charge in [0.15, 0.2) is 0 Å². The van der Waals surface area contributed by atoms with E-state index in [2.05, 4.69) is 9.72 Å². The largest absolute Gasteiger partial charge is 0.411 e. The molecule has 0 unspecified atom stereocenters. The Morgan fingerprint density at radius 2 is 2.45 bits per heavy atom. The molecule has 3 nitrogen and oxygen atoms in total. The van der Waals surface area contributed by atoms with Gasteiger partial charge in [0.2, 0.25) is 0 Å². The van der Waals surface area contributed by atoms with E-state index in [1.807, 2.05) is 18.3 Å². The van der Waals surface area contributed by atoms with E-state index in [0.717, 1.165) is 30.8 Å². The van der Waals surface area contributed by atoms with Crippen LogP contribution in [0.3, 0.4) is 0 Å². The second-order valence-electron chi connectivity index (χ2n) is 2.74. The Morgan fingerprint density at radius 3 is 3.27 bits per heavy atom. The second-order valence-corrected chi connectivity index (χ2v) is 2.74. The third kappa shape index (κ3) is 0.926. The Balaban J connectivity index is 2.48.